The van der Waals surface area contributed by atoms with E-state index in [9.17, 15) is 32.7 Å². The van der Waals surface area contributed by atoms with Crippen molar-refractivity contribution in [2.24, 2.45) is 0 Å². The lowest BCUT2D eigenvalue weighted by Gasteiger charge is -2.30. The number of benzene rings is 2. The second-order valence-corrected chi connectivity index (χ2v) is 9.49. The summed E-state index contributed by atoms with van der Waals surface area (Å²) in [5.74, 6) is -3.86. The number of halogens is 4. The van der Waals surface area contributed by atoms with Crippen molar-refractivity contribution in [3.63, 3.8) is 0 Å². The maximum absolute atomic E-state index is 14.0. The van der Waals surface area contributed by atoms with Crippen LogP contribution in [0.2, 0.25) is 5.02 Å². The molecule has 0 unspecified atom stereocenters. The molecular formula is C26H20ClF3N4O4. The van der Waals surface area contributed by atoms with Crippen molar-refractivity contribution in [3.8, 4) is 11.4 Å². The minimum atomic E-state index is -1.20. The minimum absolute atomic E-state index is 0.0225. The van der Waals surface area contributed by atoms with Gasteiger partial charge < -0.3 is 10.4 Å². The first-order valence-electron chi connectivity index (χ1n) is 11.7. The van der Waals surface area contributed by atoms with Gasteiger partial charge in [0.15, 0.2) is 17.3 Å². The molecule has 0 saturated heterocycles. The molecule has 1 fully saturated rings. The summed E-state index contributed by atoms with van der Waals surface area (Å²) in [6.45, 7) is 0. The topological polar surface area (TPSA) is 106 Å². The van der Waals surface area contributed by atoms with Crippen LogP contribution >= 0.6 is 11.6 Å². The standard InChI is InChI=1S/C26H20ClF3N4O4/c27-13-1-8-22(35)18(9-13)24(36)32-15-2-4-16(5-3-15)34-25(37)19-10-14(28)12-31-23(19)33(26(34)38)17-6-7-20(29)21(30)11-17/h1,6-12,15-16,35H,2-5H2,(H,32,36). The molecule has 196 valence electrons. The first kappa shape index (κ1) is 25.5. The zero-order valence-electron chi connectivity index (χ0n) is 19.6. The second-order valence-electron chi connectivity index (χ2n) is 9.06. The molecule has 8 nitrogen and oxygen atoms in total. The number of nitrogens with one attached hydrogen (secondary N) is 1. The number of rotatable bonds is 4. The van der Waals surface area contributed by atoms with Gasteiger partial charge in [-0.1, -0.05) is 11.6 Å². The summed E-state index contributed by atoms with van der Waals surface area (Å²) < 4.78 is 43.5. The molecule has 1 aliphatic rings. The van der Waals surface area contributed by atoms with Crippen molar-refractivity contribution < 1.29 is 23.1 Å². The van der Waals surface area contributed by atoms with Crippen molar-refractivity contribution in [2.75, 3.05) is 0 Å². The molecule has 0 bridgehead atoms. The van der Waals surface area contributed by atoms with E-state index in [-0.39, 0.29) is 39.1 Å². The smallest absolute Gasteiger partial charge is 0.337 e. The van der Waals surface area contributed by atoms with Gasteiger partial charge in [-0.2, -0.15) is 0 Å². The van der Waals surface area contributed by atoms with E-state index >= 15 is 0 Å². The SMILES string of the molecule is O=C(NC1CCC(n2c(=O)c3cc(F)cnc3n(-c3ccc(F)c(F)c3)c2=O)CC1)c1cc(Cl)ccc1O. The zero-order chi connectivity index (χ0) is 27.1. The predicted octanol–water partition coefficient (Wildman–Crippen LogP) is 4.24. The zero-order valence-corrected chi connectivity index (χ0v) is 20.4. The summed E-state index contributed by atoms with van der Waals surface area (Å²) in [5.41, 5.74) is -1.83. The normalized spacial score (nSPS) is 17.5. The molecule has 5 rings (SSSR count). The molecule has 1 saturated carbocycles. The van der Waals surface area contributed by atoms with E-state index in [1.165, 1.54) is 18.2 Å². The Balaban J connectivity index is 1.47. The van der Waals surface area contributed by atoms with E-state index in [0.29, 0.717) is 25.7 Å². The van der Waals surface area contributed by atoms with Crippen LogP contribution in [0.3, 0.4) is 0 Å². The molecule has 1 amide bonds. The highest BCUT2D eigenvalue weighted by atomic mass is 35.5. The maximum Gasteiger partial charge on any atom is 0.337 e. The molecule has 0 atom stereocenters. The molecule has 2 N–H and O–H groups in total. The summed E-state index contributed by atoms with van der Waals surface area (Å²) in [4.78, 5) is 43.4. The Morgan fingerprint density at radius 3 is 2.45 bits per heavy atom. The van der Waals surface area contributed by atoms with Crippen molar-refractivity contribution in [1.29, 1.82) is 0 Å². The van der Waals surface area contributed by atoms with Crippen LogP contribution in [0.5, 0.6) is 5.75 Å². The van der Waals surface area contributed by atoms with E-state index in [0.717, 1.165) is 39.6 Å². The van der Waals surface area contributed by atoms with Crippen LogP contribution in [0.25, 0.3) is 16.7 Å². The lowest BCUT2D eigenvalue weighted by Crippen LogP contribution is -2.45. The van der Waals surface area contributed by atoms with E-state index in [4.69, 9.17) is 11.6 Å². The van der Waals surface area contributed by atoms with Crippen molar-refractivity contribution in [3.05, 3.63) is 97.5 Å². The Morgan fingerprint density at radius 1 is 1.00 bits per heavy atom. The molecule has 0 radical (unpaired) electrons. The number of phenols is 1. The van der Waals surface area contributed by atoms with E-state index < -0.39 is 40.6 Å². The number of pyridine rings is 1. The number of aromatic hydroxyl groups is 1. The number of hydrogen-bond acceptors (Lipinski definition) is 5. The largest absolute Gasteiger partial charge is 0.507 e. The van der Waals surface area contributed by atoms with Crippen molar-refractivity contribution >= 4 is 28.5 Å². The van der Waals surface area contributed by atoms with E-state index in [1.807, 2.05) is 0 Å². The minimum Gasteiger partial charge on any atom is -0.507 e. The lowest BCUT2D eigenvalue weighted by molar-refractivity contribution is 0.0919. The number of fused-ring (bicyclic) bond motifs is 1. The number of phenolic OH excluding ortho intramolecular Hbond substituents is 1. The molecule has 0 spiro atoms. The van der Waals surface area contributed by atoms with Gasteiger partial charge >= 0.3 is 5.69 Å². The van der Waals surface area contributed by atoms with Crippen LogP contribution in [-0.4, -0.2) is 31.2 Å². The summed E-state index contributed by atoms with van der Waals surface area (Å²) in [6, 6.07) is 6.95. The number of hydrogen-bond donors (Lipinski definition) is 2. The van der Waals surface area contributed by atoms with Crippen molar-refractivity contribution in [2.45, 2.75) is 37.8 Å². The molecule has 12 heteroatoms. The number of carbonyl (C=O) groups is 1. The maximum atomic E-state index is 14.0. The number of carbonyl (C=O) groups excluding carboxylic acids is 1. The van der Waals surface area contributed by atoms with Gasteiger partial charge in [0.25, 0.3) is 11.5 Å². The number of amides is 1. The van der Waals surface area contributed by atoms with Crippen molar-refractivity contribution in [1.82, 2.24) is 19.4 Å². The number of aromatic nitrogens is 3. The molecule has 38 heavy (non-hydrogen) atoms. The third kappa shape index (κ3) is 4.65. The van der Waals surface area contributed by atoms with Gasteiger partial charge in [0.05, 0.1) is 22.8 Å². The quantitative estimate of drug-likeness (QED) is 0.400. The monoisotopic (exact) mass is 544 g/mol. The molecular weight excluding hydrogens is 525 g/mol. The van der Waals surface area contributed by atoms with E-state index in [2.05, 4.69) is 10.3 Å². The highest BCUT2D eigenvalue weighted by Crippen LogP contribution is 2.29. The Bertz CT molecular complexity index is 1700. The average molecular weight is 545 g/mol. The van der Waals surface area contributed by atoms with Crippen LogP contribution in [0, 0.1) is 17.5 Å². The highest BCUT2D eigenvalue weighted by Gasteiger charge is 2.28. The van der Waals surface area contributed by atoms with Gasteiger partial charge in [0.2, 0.25) is 0 Å². The molecule has 2 aromatic carbocycles. The molecule has 2 aromatic heterocycles. The molecule has 0 aliphatic heterocycles. The summed E-state index contributed by atoms with van der Waals surface area (Å²) in [7, 11) is 0. The Labute approximate surface area is 217 Å². The first-order chi connectivity index (χ1) is 18.1. The van der Waals surface area contributed by atoms with Crippen LogP contribution in [0.4, 0.5) is 13.2 Å². The van der Waals surface area contributed by atoms with Crippen LogP contribution in [0.1, 0.15) is 42.1 Å². The van der Waals surface area contributed by atoms with Gasteiger partial charge in [-0.05, 0) is 62.1 Å². The Kier molecular flexibility index (Phi) is 6.70. The predicted molar refractivity (Wildman–Crippen MR) is 133 cm³/mol. The molecule has 4 aromatic rings. The third-order valence-corrected chi connectivity index (χ3v) is 6.89. The van der Waals surface area contributed by atoms with Crippen LogP contribution < -0.4 is 16.6 Å². The fraction of sp³-hybridized carbons (Fsp3) is 0.231. The van der Waals surface area contributed by atoms with Gasteiger partial charge in [0, 0.05) is 23.2 Å². The third-order valence-electron chi connectivity index (χ3n) is 6.65. The Hall–Kier alpha value is -4.12. The van der Waals surface area contributed by atoms with Gasteiger partial charge in [-0.3, -0.25) is 14.2 Å². The highest BCUT2D eigenvalue weighted by molar-refractivity contribution is 6.31. The van der Waals surface area contributed by atoms with Gasteiger partial charge in [-0.25, -0.2) is 27.5 Å². The lowest BCUT2D eigenvalue weighted by atomic mass is 9.90. The fourth-order valence-corrected chi connectivity index (χ4v) is 4.97. The number of nitrogens with zero attached hydrogens (tertiary/aromatic N) is 3. The molecule has 2 heterocycles. The second kappa shape index (κ2) is 9.97. The average Bonchev–Trinajstić information content (AvgIpc) is 2.89. The summed E-state index contributed by atoms with van der Waals surface area (Å²) in [5, 5.41) is 12.9. The fourth-order valence-electron chi connectivity index (χ4n) is 4.79. The van der Waals surface area contributed by atoms with E-state index in [1.54, 1.807) is 0 Å². The molecule has 1 aliphatic carbocycles. The summed E-state index contributed by atoms with van der Waals surface area (Å²) in [6.07, 6.45) is 2.25. The summed E-state index contributed by atoms with van der Waals surface area (Å²) >= 11 is 5.92. The van der Waals surface area contributed by atoms with Gasteiger partial charge in [0.1, 0.15) is 11.6 Å². The van der Waals surface area contributed by atoms with Crippen LogP contribution in [-0.2, 0) is 0 Å². The first-order valence-corrected chi connectivity index (χ1v) is 12.1. The Morgan fingerprint density at radius 2 is 1.74 bits per heavy atom. The van der Waals surface area contributed by atoms with Gasteiger partial charge in [-0.15, -0.1) is 0 Å². The van der Waals surface area contributed by atoms with Crippen LogP contribution in [0.15, 0.2) is 58.3 Å².